The highest BCUT2D eigenvalue weighted by atomic mass is 35.6. The average molecular weight is 331 g/mol. The molecule has 0 saturated heterocycles. The molecule has 3 nitrogen and oxygen atoms in total. The fourth-order valence-electron chi connectivity index (χ4n) is 1.24. The van der Waals surface area contributed by atoms with E-state index in [1.54, 1.807) is 31.2 Å². The number of nitrogens with zero attached hydrogens (tertiary/aromatic N) is 1. The van der Waals surface area contributed by atoms with E-state index >= 15 is 0 Å². The molecule has 0 radical (unpaired) electrons. The van der Waals surface area contributed by atoms with Gasteiger partial charge in [0, 0.05) is 12.2 Å². The second-order valence-electron chi connectivity index (χ2n) is 3.32. The van der Waals surface area contributed by atoms with Gasteiger partial charge in [0.2, 0.25) is 9.36 Å². The highest BCUT2D eigenvalue weighted by Crippen LogP contribution is 2.35. The van der Waals surface area contributed by atoms with Crippen molar-refractivity contribution in [3.8, 4) is 0 Å². The van der Waals surface area contributed by atoms with Crippen molar-refractivity contribution >= 4 is 58.2 Å². The maximum absolute atomic E-state index is 11.9. The van der Waals surface area contributed by atoms with Crippen molar-refractivity contribution in [1.29, 1.82) is 0 Å². The first-order valence-corrected chi connectivity index (χ1v) is 6.67. The van der Waals surface area contributed by atoms with Gasteiger partial charge in [0.15, 0.2) is 0 Å². The minimum Gasteiger partial charge on any atom is -0.425 e. The molecule has 7 heteroatoms. The average Bonchev–Trinajstić information content (AvgIpc) is 2.30. The zero-order valence-corrected chi connectivity index (χ0v) is 12.5. The molecule has 0 aromatic heterocycles. The maximum atomic E-state index is 11.9. The van der Waals surface area contributed by atoms with E-state index in [0.717, 1.165) is 0 Å². The summed E-state index contributed by atoms with van der Waals surface area (Å²) in [4.78, 5) is 13.3. The van der Waals surface area contributed by atoms with Crippen LogP contribution >= 0.6 is 46.4 Å². The molecule has 0 unspecified atom stereocenters. The van der Waals surface area contributed by atoms with Gasteiger partial charge in [0.05, 0.1) is 0 Å². The van der Waals surface area contributed by atoms with Crippen molar-refractivity contribution in [3.63, 3.8) is 0 Å². The van der Waals surface area contributed by atoms with Crippen molar-refractivity contribution in [3.05, 3.63) is 30.3 Å². The van der Waals surface area contributed by atoms with Crippen LogP contribution in [0.4, 0.5) is 10.5 Å². The topological polar surface area (TPSA) is 29.5 Å². The molecule has 0 spiro atoms. The summed E-state index contributed by atoms with van der Waals surface area (Å²) in [6.45, 7) is 2.21. The first-order chi connectivity index (χ1) is 8.36. The number of benzene rings is 1. The normalized spacial score (nSPS) is 12.9. The number of halogens is 4. The first-order valence-electron chi connectivity index (χ1n) is 5.10. The second kappa shape index (κ2) is 6.71. The van der Waals surface area contributed by atoms with Crippen molar-refractivity contribution < 1.29 is 9.53 Å². The second-order valence-corrected chi connectivity index (χ2v) is 6.09. The molecule has 100 valence electrons. The van der Waals surface area contributed by atoms with E-state index in [0.29, 0.717) is 12.2 Å². The molecule has 0 aliphatic rings. The van der Waals surface area contributed by atoms with Gasteiger partial charge >= 0.3 is 6.09 Å². The van der Waals surface area contributed by atoms with Crippen molar-refractivity contribution in [2.24, 2.45) is 0 Å². The number of amides is 1. The summed E-state index contributed by atoms with van der Waals surface area (Å²) in [5.74, 6) is 0. The highest BCUT2D eigenvalue weighted by molar-refractivity contribution is 6.70. The molecular weight excluding hydrogens is 320 g/mol. The molecule has 1 atom stereocenters. The fraction of sp³-hybridized carbons (Fsp3) is 0.364. The minimum atomic E-state index is -1.87. The lowest BCUT2D eigenvalue weighted by Gasteiger charge is -2.24. The monoisotopic (exact) mass is 329 g/mol. The Labute approximate surface area is 126 Å². The van der Waals surface area contributed by atoms with Crippen LogP contribution in [0.25, 0.3) is 0 Å². The van der Waals surface area contributed by atoms with Gasteiger partial charge in [-0.2, -0.15) is 0 Å². The van der Waals surface area contributed by atoms with E-state index in [1.807, 2.05) is 6.07 Å². The summed E-state index contributed by atoms with van der Waals surface area (Å²) in [6, 6.07) is 8.98. The molecule has 0 aliphatic heterocycles. The Morgan fingerprint density at radius 1 is 1.33 bits per heavy atom. The quantitative estimate of drug-likeness (QED) is 0.759. The van der Waals surface area contributed by atoms with Gasteiger partial charge in [-0.05, 0) is 19.1 Å². The van der Waals surface area contributed by atoms with Crippen LogP contribution in [-0.4, -0.2) is 22.0 Å². The number of anilines is 1. The standard InChI is InChI=1S/C11H11Cl4NO2/c1-2-16(8-6-4-3-5-7-8)10(17)18-9(12)11(13,14)15/h3-7,9H,2H2,1H3/t9-/m1/s1. The van der Waals surface area contributed by atoms with Crippen LogP contribution in [0.15, 0.2) is 30.3 Å². The Morgan fingerprint density at radius 3 is 2.33 bits per heavy atom. The third-order valence-electron chi connectivity index (χ3n) is 2.07. The van der Waals surface area contributed by atoms with Gasteiger partial charge in [-0.1, -0.05) is 64.6 Å². The number of rotatable bonds is 3. The molecule has 1 rings (SSSR count). The van der Waals surface area contributed by atoms with Gasteiger partial charge in [0.1, 0.15) is 0 Å². The number of para-hydroxylation sites is 1. The molecular formula is C11H11Cl4NO2. The molecule has 0 N–H and O–H groups in total. The summed E-state index contributed by atoms with van der Waals surface area (Å²) in [6.07, 6.45) is -0.671. The van der Waals surface area contributed by atoms with Crippen LogP contribution in [0.3, 0.4) is 0 Å². The molecule has 18 heavy (non-hydrogen) atoms. The van der Waals surface area contributed by atoms with E-state index in [4.69, 9.17) is 51.1 Å². The van der Waals surface area contributed by atoms with Crippen LogP contribution in [0.1, 0.15) is 6.92 Å². The highest BCUT2D eigenvalue weighted by Gasteiger charge is 2.35. The van der Waals surface area contributed by atoms with Gasteiger partial charge in [-0.15, -0.1) is 0 Å². The summed E-state index contributed by atoms with van der Waals surface area (Å²) in [5, 5.41) is 0. The minimum absolute atomic E-state index is 0.409. The third kappa shape index (κ3) is 4.39. The lowest BCUT2D eigenvalue weighted by atomic mass is 10.3. The molecule has 1 aromatic carbocycles. The van der Waals surface area contributed by atoms with E-state index < -0.39 is 15.4 Å². The number of hydrogen-bond donors (Lipinski definition) is 0. The lowest BCUT2D eigenvalue weighted by molar-refractivity contribution is 0.141. The van der Waals surface area contributed by atoms with Crippen LogP contribution in [0, 0.1) is 0 Å². The summed E-state index contributed by atoms with van der Waals surface area (Å²) < 4.78 is 3.01. The van der Waals surface area contributed by atoms with Crippen molar-refractivity contribution in [1.82, 2.24) is 0 Å². The molecule has 1 aromatic rings. The van der Waals surface area contributed by atoms with Gasteiger partial charge < -0.3 is 4.74 Å². The van der Waals surface area contributed by atoms with Gasteiger partial charge in [-0.3, -0.25) is 4.90 Å². The maximum Gasteiger partial charge on any atom is 0.415 e. The summed E-state index contributed by atoms with van der Waals surface area (Å²) in [5.41, 5.74) is -0.675. The lowest BCUT2D eigenvalue weighted by Crippen LogP contribution is -2.36. The Balaban J connectivity index is 2.76. The van der Waals surface area contributed by atoms with E-state index in [-0.39, 0.29) is 0 Å². The van der Waals surface area contributed by atoms with Crippen LogP contribution in [0.2, 0.25) is 0 Å². The predicted molar refractivity (Wildman–Crippen MR) is 75.9 cm³/mol. The number of ether oxygens (including phenoxy) is 1. The SMILES string of the molecule is CCN(C(=O)O[C@@H](Cl)C(Cl)(Cl)Cl)c1ccccc1. The summed E-state index contributed by atoms with van der Waals surface area (Å²) in [7, 11) is 0. The van der Waals surface area contributed by atoms with E-state index in [9.17, 15) is 4.79 Å². The summed E-state index contributed by atoms with van der Waals surface area (Å²) >= 11 is 22.2. The number of hydrogen-bond acceptors (Lipinski definition) is 2. The number of carbonyl (C=O) groups excluding carboxylic acids is 1. The Bertz CT molecular complexity index is 394. The van der Waals surface area contributed by atoms with Crippen LogP contribution < -0.4 is 4.90 Å². The zero-order valence-electron chi connectivity index (χ0n) is 9.45. The Hall–Kier alpha value is -0.350. The molecule has 0 fully saturated rings. The molecule has 0 heterocycles. The zero-order chi connectivity index (χ0) is 13.8. The molecule has 0 saturated carbocycles. The first kappa shape index (κ1) is 15.7. The molecule has 0 bridgehead atoms. The largest absolute Gasteiger partial charge is 0.425 e. The van der Waals surface area contributed by atoms with Crippen LogP contribution in [-0.2, 0) is 4.74 Å². The predicted octanol–water partition coefficient (Wildman–Crippen LogP) is 4.58. The van der Waals surface area contributed by atoms with E-state index in [1.165, 1.54) is 4.90 Å². The molecule has 0 aliphatic carbocycles. The van der Waals surface area contributed by atoms with Crippen LogP contribution in [0.5, 0.6) is 0 Å². The Kier molecular flexibility index (Phi) is 5.86. The van der Waals surface area contributed by atoms with Gasteiger partial charge in [-0.25, -0.2) is 4.79 Å². The smallest absolute Gasteiger partial charge is 0.415 e. The number of alkyl halides is 4. The van der Waals surface area contributed by atoms with Crippen molar-refractivity contribution in [2.45, 2.75) is 16.3 Å². The van der Waals surface area contributed by atoms with Gasteiger partial charge in [0.25, 0.3) is 0 Å². The Morgan fingerprint density at radius 2 is 1.89 bits per heavy atom. The van der Waals surface area contributed by atoms with E-state index in [2.05, 4.69) is 0 Å². The fourth-order valence-corrected chi connectivity index (χ4v) is 1.45. The number of carbonyl (C=O) groups is 1. The molecule has 1 amide bonds. The third-order valence-corrected chi connectivity index (χ3v) is 3.41. The van der Waals surface area contributed by atoms with Crippen molar-refractivity contribution in [2.75, 3.05) is 11.4 Å².